The average Bonchev–Trinajstić information content (AvgIpc) is 2.75. The van der Waals surface area contributed by atoms with Gasteiger partial charge < -0.3 is 15.4 Å². The van der Waals surface area contributed by atoms with Gasteiger partial charge in [-0.3, -0.25) is 4.79 Å². The normalized spacial score (nSPS) is 10.4. The summed E-state index contributed by atoms with van der Waals surface area (Å²) >= 11 is 0. The number of pyridine rings is 1. The van der Waals surface area contributed by atoms with Crippen molar-refractivity contribution in [3.05, 3.63) is 89.4 Å². The van der Waals surface area contributed by atoms with Gasteiger partial charge in [0.05, 0.1) is 12.7 Å². The summed E-state index contributed by atoms with van der Waals surface area (Å²) < 4.78 is 18.8. The van der Waals surface area contributed by atoms with E-state index < -0.39 is 0 Å². The molecule has 5 nitrogen and oxygen atoms in total. The van der Waals surface area contributed by atoms with E-state index in [9.17, 15) is 9.18 Å². The summed E-state index contributed by atoms with van der Waals surface area (Å²) in [5.41, 5.74) is 2.25. The lowest BCUT2D eigenvalue weighted by molar-refractivity contribution is 0.0954. The molecule has 2 N–H and O–H groups in total. The SMILES string of the molecule is COc1cccc(CCNC(=O)c2ccc(NCCc3ccccc3F)nc2)c1. The van der Waals surface area contributed by atoms with Crippen LogP contribution in [0.25, 0.3) is 0 Å². The monoisotopic (exact) mass is 393 g/mol. The van der Waals surface area contributed by atoms with Gasteiger partial charge in [-0.15, -0.1) is 0 Å². The number of hydrogen-bond donors (Lipinski definition) is 2. The van der Waals surface area contributed by atoms with Crippen molar-refractivity contribution in [1.82, 2.24) is 10.3 Å². The van der Waals surface area contributed by atoms with Crippen LogP contribution in [0.2, 0.25) is 0 Å². The lowest BCUT2D eigenvalue weighted by Crippen LogP contribution is -2.25. The highest BCUT2D eigenvalue weighted by molar-refractivity contribution is 5.94. The molecule has 0 bridgehead atoms. The molecule has 0 saturated heterocycles. The molecule has 0 aliphatic rings. The lowest BCUT2D eigenvalue weighted by Gasteiger charge is -2.08. The summed E-state index contributed by atoms with van der Waals surface area (Å²) in [5.74, 6) is 1.08. The molecule has 29 heavy (non-hydrogen) atoms. The van der Waals surface area contributed by atoms with Crippen molar-refractivity contribution in [3.63, 3.8) is 0 Å². The van der Waals surface area contributed by atoms with Crippen LogP contribution in [0.4, 0.5) is 10.2 Å². The highest BCUT2D eigenvalue weighted by Gasteiger charge is 2.06. The van der Waals surface area contributed by atoms with E-state index in [0.29, 0.717) is 42.9 Å². The molecule has 1 heterocycles. The first-order valence-corrected chi connectivity index (χ1v) is 9.50. The third-order valence-corrected chi connectivity index (χ3v) is 4.52. The van der Waals surface area contributed by atoms with E-state index in [1.165, 1.54) is 12.3 Å². The Balaban J connectivity index is 1.44. The fraction of sp³-hybridized carbons (Fsp3) is 0.217. The molecule has 0 unspecified atom stereocenters. The zero-order valence-corrected chi connectivity index (χ0v) is 16.3. The topological polar surface area (TPSA) is 63.2 Å². The second-order valence-electron chi connectivity index (χ2n) is 6.56. The summed E-state index contributed by atoms with van der Waals surface area (Å²) in [6.07, 6.45) is 2.80. The Hall–Kier alpha value is -3.41. The summed E-state index contributed by atoms with van der Waals surface area (Å²) in [6.45, 7) is 1.08. The zero-order chi connectivity index (χ0) is 20.5. The van der Waals surface area contributed by atoms with Crippen LogP contribution in [-0.2, 0) is 12.8 Å². The van der Waals surface area contributed by atoms with Crippen molar-refractivity contribution in [2.45, 2.75) is 12.8 Å². The van der Waals surface area contributed by atoms with Crippen molar-refractivity contribution in [2.24, 2.45) is 0 Å². The van der Waals surface area contributed by atoms with E-state index in [1.807, 2.05) is 30.3 Å². The fourth-order valence-electron chi connectivity index (χ4n) is 2.91. The van der Waals surface area contributed by atoms with Crippen LogP contribution in [0.1, 0.15) is 21.5 Å². The Morgan fingerprint density at radius 1 is 1.03 bits per heavy atom. The maximum Gasteiger partial charge on any atom is 0.252 e. The number of halogens is 1. The van der Waals surface area contributed by atoms with Gasteiger partial charge in [-0.25, -0.2) is 9.37 Å². The first-order valence-electron chi connectivity index (χ1n) is 9.50. The van der Waals surface area contributed by atoms with E-state index in [2.05, 4.69) is 15.6 Å². The third-order valence-electron chi connectivity index (χ3n) is 4.52. The van der Waals surface area contributed by atoms with Gasteiger partial charge in [0.25, 0.3) is 5.91 Å². The quantitative estimate of drug-likeness (QED) is 0.580. The highest BCUT2D eigenvalue weighted by atomic mass is 19.1. The van der Waals surface area contributed by atoms with E-state index in [4.69, 9.17) is 4.74 Å². The van der Waals surface area contributed by atoms with Crippen LogP contribution in [0.15, 0.2) is 66.9 Å². The van der Waals surface area contributed by atoms with Crippen molar-refractivity contribution < 1.29 is 13.9 Å². The van der Waals surface area contributed by atoms with Gasteiger partial charge in [-0.05, 0) is 54.3 Å². The van der Waals surface area contributed by atoms with Crippen LogP contribution in [-0.4, -0.2) is 31.1 Å². The number of rotatable bonds is 9. The molecule has 0 saturated carbocycles. The maximum absolute atomic E-state index is 13.6. The Bertz CT molecular complexity index is 945. The van der Waals surface area contributed by atoms with Gasteiger partial charge in [0.2, 0.25) is 0 Å². The number of anilines is 1. The number of ether oxygens (including phenoxy) is 1. The number of methoxy groups -OCH3 is 1. The molecule has 1 aromatic heterocycles. The number of carbonyl (C=O) groups excluding carboxylic acids is 1. The standard InChI is InChI=1S/C23H24FN3O2/c1-29-20-7-4-5-17(15-20)11-13-26-23(28)19-9-10-22(27-16-19)25-14-12-18-6-2-3-8-21(18)24/h2-10,15-16H,11-14H2,1H3,(H,25,27)(H,26,28). The Kier molecular flexibility index (Phi) is 7.16. The van der Waals surface area contributed by atoms with Crippen molar-refractivity contribution in [2.75, 3.05) is 25.5 Å². The molecule has 0 aliphatic heterocycles. The fourth-order valence-corrected chi connectivity index (χ4v) is 2.91. The summed E-state index contributed by atoms with van der Waals surface area (Å²) in [4.78, 5) is 16.5. The van der Waals surface area contributed by atoms with Crippen LogP contribution >= 0.6 is 0 Å². The molecule has 0 fully saturated rings. The summed E-state index contributed by atoms with van der Waals surface area (Å²) in [7, 11) is 1.63. The number of aromatic nitrogens is 1. The number of nitrogens with zero attached hydrogens (tertiary/aromatic N) is 1. The zero-order valence-electron chi connectivity index (χ0n) is 16.3. The molecule has 6 heteroatoms. The number of carbonyl (C=O) groups is 1. The highest BCUT2D eigenvalue weighted by Crippen LogP contribution is 2.13. The first kappa shape index (κ1) is 20.3. The molecule has 150 valence electrons. The largest absolute Gasteiger partial charge is 0.497 e. The maximum atomic E-state index is 13.6. The number of nitrogens with one attached hydrogen (secondary N) is 2. The number of amides is 1. The van der Waals surface area contributed by atoms with Crippen molar-refractivity contribution in [3.8, 4) is 5.75 Å². The van der Waals surface area contributed by atoms with Crippen molar-refractivity contribution in [1.29, 1.82) is 0 Å². The Labute approximate surface area is 169 Å². The molecule has 0 atom stereocenters. The minimum Gasteiger partial charge on any atom is -0.497 e. The van der Waals surface area contributed by atoms with E-state index in [0.717, 1.165) is 11.3 Å². The lowest BCUT2D eigenvalue weighted by atomic mass is 10.1. The van der Waals surface area contributed by atoms with E-state index >= 15 is 0 Å². The minimum absolute atomic E-state index is 0.168. The smallest absolute Gasteiger partial charge is 0.252 e. The Morgan fingerprint density at radius 2 is 1.90 bits per heavy atom. The average molecular weight is 393 g/mol. The summed E-state index contributed by atoms with van der Waals surface area (Å²) in [6, 6.07) is 18.0. The summed E-state index contributed by atoms with van der Waals surface area (Å²) in [5, 5.41) is 6.03. The first-order chi connectivity index (χ1) is 14.2. The van der Waals surface area contributed by atoms with Gasteiger partial charge in [0.15, 0.2) is 0 Å². The Morgan fingerprint density at radius 3 is 2.66 bits per heavy atom. The molecule has 3 rings (SSSR count). The minimum atomic E-state index is -0.205. The predicted molar refractivity (Wildman–Crippen MR) is 112 cm³/mol. The van der Waals surface area contributed by atoms with Gasteiger partial charge in [0, 0.05) is 19.3 Å². The second kappa shape index (κ2) is 10.2. The molecule has 3 aromatic rings. The second-order valence-corrected chi connectivity index (χ2v) is 6.56. The van der Waals surface area contributed by atoms with Gasteiger partial charge in [-0.2, -0.15) is 0 Å². The molecular formula is C23H24FN3O2. The molecule has 0 aliphatic carbocycles. The van der Waals surface area contributed by atoms with Gasteiger partial charge in [0.1, 0.15) is 17.4 Å². The molecule has 0 spiro atoms. The third kappa shape index (κ3) is 6.04. The van der Waals surface area contributed by atoms with E-state index in [-0.39, 0.29) is 11.7 Å². The molecule has 0 radical (unpaired) electrons. The predicted octanol–water partition coefficient (Wildman–Crippen LogP) is 3.86. The number of hydrogen-bond acceptors (Lipinski definition) is 4. The molecular weight excluding hydrogens is 369 g/mol. The molecule has 1 amide bonds. The number of benzene rings is 2. The van der Waals surface area contributed by atoms with Crippen LogP contribution in [0, 0.1) is 5.82 Å². The molecule has 2 aromatic carbocycles. The van der Waals surface area contributed by atoms with Crippen LogP contribution < -0.4 is 15.4 Å². The van der Waals surface area contributed by atoms with Crippen LogP contribution in [0.5, 0.6) is 5.75 Å². The van der Waals surface area contributed by atoms with Crippen molar-refractivity contribution >= 4 is 11.7 Å². The van der Waals surface area contributed by atoms with E-state index in [1.54, 1.807) is 31.4 Å². The van der Waals surface area contributed by atoms with Gasteiger partial charge in [-0.1, -0.05) is 30.3 Å². The van der Waals surface area contributed by atoms with Gasteiger partial charge >= 0.3 is 0 Å². The van der Waals surface area contributed by atoms with Crippen LogP contribution in [0.3, 0.4) is 0 Å².